The van der Waals surface area contributed by atoms with E-state index in [9.17, 15) is 35.9 Å². The molecule has 390 valence electrons. The predicted octanol–water partition coefficient (Wildman–Crippen LogP) is 12.3. The second kappa shape index (κ2) is 26.5. The maximum atomic E-state index is 13.7. The minimum atomic E-state index is -4.55. The third kappa shape index (κ3) is 16.5. The van der Waals surface area contributed by atoms with Crippen molar-refractivity contribution < 1.29 is 35.9 Å². The van der Waals surface area contributed by atoms with Gasteiger partial charge in [-0.25, -0.2) is 19.9 Å². The van der Waals surface area contributed by atoms with Crippen LogP contribution in [0.4, 0.5) is 26.3 Å². The number of nitrogens with zero attached hydrogens (tertiary/aromatic N) is 5. The van der Waals surface area contributed by atoms with E-state index in [0.29, 0.717) is 49.3 Å². The third-order valence-corrected chi connectivity index (χ3v) is 13.6. The molecule has 8 rings (SSSR count). The number of benzene rings is 4. The van der Waals surface area contributed by atoms with Gasteiger partial charge >= 0.3 is 12.4 Å². The van der Waals surface area contributed by atoms with Crippen molar-refractivity contribution in [1.82, 2.24) is 24.8 Å². The summed E-state index contributed by atoms with van der Waals surface area (Å²) >= 11 is 0. The fourth-order valence-corrected chi connectivity index (χ4v) is 9.83. The number of carbonyl (C=O) groups is 2. The summed E-state index contributed by atoms with van der Waals surface area (Å²) in [5, 5.41) is 0. The van der Waals surface area contributed by atoms with Crippen LogP contribution >= 0.6 is 0 Å². The zero-order chi connectivity index (χ0) is 50.5. The van der Waals surface area contributed by atoms with Crippen LogP contribution in [0.5, 0.6) is 0 Å². The average Bonchev–Trinajstić information content (AvgIpc) is 3.34. The molecule has 1 aliphatic carbocycles. The maximum Gasteiger partial charge on any atom is 0.419 e. The Hall–Kier alpha value is -6.48. The molecule has 15 heteroatoms. The highest BCUT2D eigenvalue weighted by atomic mass is 19.4. The Balaban J connectivity index is 0.000000264. The van der Waals surface area contributed by atoms with Gasteiger partial charge in [-0.3, -0.25) is 14.5 Å². The number of alkyl halides is 6. The summed E-state index contributed by atoms with van der Waals surface area (Å²) in [6.45, 7) is 1.08. The molecule has 6 aromatic rings. The molecule has 2 aromatic heterocycles. The lowest BCUT2D eigenvalue weighted by atomic mass is 9.84. The lowest BCUT2D eigenvalue weighted by molar-refractivity contribution is -0.139. The molecule has 9 nitrogen and oxygen atoms in total. The summed E-state index contributed by atoms with van der Waals surface area (Å²) in [4.78, 5) is 41.8. The SMILES string of the molecule is C.C.CN1CCCCC1c1ccc(Cc2ncc(C(F)(F)F)c(CCc3ccccc3CC(N)=O)n2)cc1.NC(=O)Cc1ccccc1CCc1nc(Cc2ccc(C3CCCCC3)cc2)ncc1C(F)(F)F. The molecule has 73 heavy (non-hydrogen) atoms. The van der Waals surface area contributed by atoms with Gasteiger partial charge in [-0.1, -0.05) is 138 Å². The summed E-state index contributed by atoms with van der Waals surface area (Å²) in [5.74, 6) is 0.357. The largest absolute Gasteiger partial charge is 0.419 e. The molecular weight excluding hydrogens is 941 g/mol. The standard InChI is InChI=1S/C28H31F3N4O.C28H30F3N3O.2CH4/c1-35-15-5-4-8-25(35)21-11-9-19(10-12-21)16-27-33-18-23(28(29,30)31)24(34-27)14-13-20-6-2-3-7-22(20)17-26(32)36;29-28(30,31)24-18-33-27(16-19-10-12-22(13-11-19)20-6-2-1-3-7-20)34-25(24)15-14-21-8-4-5-9-23(21)17-26(32)35;;/h2-3,6-7,9-12,18,25H,4-5,8,13-17H2,1H3,(H2,32,36);4-5,8-13,18,20H,1-3,6-7,14-17H2,(H2,32,35);2*1H4. The summed E-state index contributed by atoms with van der Waals surface area (Å²) < 4.78 is 82.1. The highest BCUT2D eigenvalue weighted by Crippen LogP contribution is 2.35. The molecule has 2 aliphatic rings. The highest BCUT2D eigenvalue weighted by Gasteiger charge is 2.36. The minimum absolute atomic E-state index is 0. The Bertz CT molecular complexity index is 2720. The average molecular weight is 1010 g/mol. The molecule has 1 saturated carbocycles. The van der Waals surface area contributed by atoms with Crippen molar-refractivity contribution >= 4 is 11.8 Å². The van der Waals surface area contributed by atoms with Crippen molar-refractivity contribution in [3.05, 3.63) is 188 Å². The van der Waals surface area contributed by atoms with E-state index in [1.165, 1.54) is 56.1 Å². The van der Waals surface area contributed by atoms with Gasteiger partial charge in [0.05, 0.1) is 35.4 Å². The van der Waals surface area contributed by atoms with Crippen molar-refractivity contribution in [3.8, 4) is 0 Å². The number of primary amides is 2. The van der Waals surface area contributed by atoms with E-state index in [4.69, 9.17) is 11.5 Å². The molecule has 3 heterocycles. The van der Waals surface area contributed by atoms with E-state index in [0.717, 1.165) is 58.7 Å². The third-order valence-electron chi connectivity index (χ3n) is 13.6. The summed E-state index contributed by atoms with van der Waals surface area (Å²) in [6.07, 6.45) is 4.13. The molecular formula is C58H69F6N7O2. The molecule has 0 bridgehead atoms. The maximum absolute atomic E-state index is 13.7. The summed E-state index contributed by atoms with van der Waals surface area (Å²) in [7, 11) is 2.14. The first kappa shape index (κ1) is 57.4. The fourth-order valence-electron chi connectivity index (χ4n) is 9.83. The topological polar surface area (TPSA) is 141 Å². The molecule has 1 atom stereocenters. The molecule has 0 radical (unpaired) electrons. The summed E-state index contributed by atoms with van der Waals surface area (Å²) in [5.41, 5.74) is 16.5. The van der Waals surface area contributed by atoms with Crippen LogP contribution in [-0.2, 0) is 73.3 Å². The number of hydrogen-bond acceptors (Lipinski definition) is 7. The van der Waals surface area contributed by atoms with Gasteiger partial charge in [0.1, 0.15) is 11.6 Å². The van der Waals surface area contributed by atoms with Crippen molar-refractivity contribution in [2.45, 2.75) is 142 Å². The lowest BCUT2D eigenvalue weighted by Gasteiger charge is -2.32. The molecule has 2 amide bonds. The van der Waals surface area contributed by atoms with Crippen molar-refractivity contribution in [3.63, 3.8) is 0 Å². The quantitative estimate of drug-likeness (QED) is 0.0920. The number of likely N-dealkylation sites (tertiary alicyclic amines) is 1. The number of rotatable bonds is 16. The van der Waals surface area contributed by atoms with Crippen LogP contribution in [0, 0.1) is 0 Å². The number of nitrogens with two attached hydrogens (primary N) is 2. The van der Waals surface area contributed by atoms with Gasteiger partial charge in [0, 0.05) is 31.3 Å². The van der Waals surface area contributed by atoms with Crippen molar-refractivity contribution in [2.24, 2.45) is 11.5 Å². The number of carbonyl (C=O) groups excluding carboxylic acids is 2. The van der Waals surface area contributed by atoms with E-state index < -0.39 is 35.3 Å². The van der Waals surface area contributed by atoms with Crippen LogP contribution < -0.4 is 11.5 Å². The van der Waals surface area contributed by atoms with Crippen LogP contribution in [0.25, 0.3) is 0 Å². The number of piperidine rings is 1. The second-order valence-electron chi connectivity index (χ2n) is 18.8. The predicted molar refractivity (Wildman–Crippen MR) is 275 cm³/mol. The zero-order valence-electron chi connectivity index (χ0n) is 40.0. The van der Waals surface area contributed by atoms with E-state index in [-0.39, 0.29) is 51.9 Å². The van der Waals surface area contributed by atoms with Gasteiger partial charge in [-0.2, -0.15) is 26.3 Å². The van der Waals surface area contributed by atoms with E-state index in [1.807, 2.05) is 30.3 Å². The number of halogens is 6. The molecule has 1 aliphatic heterocycles. The van der Waals surface area contributed by atoms with Gasteiger partial charge in [0.25, 0.3) is 0 Å². The van der Waals surface area contributed by atoms with Gasteiger partial charge in [0.15, 0.2) is 0 Å². The first-order valence-corrected chi connectivity index (χ1v) is 24.4. The first-order chi connectivity index (χ1) is 34.0. The number of hydrogen-bond donors (Lipinski definition) is 2. The molecule has 0 spiro atoms. The van der Waals surface area contributed by atoms with Crippen LogP contribution in [0.15, 0.2) is 109 Å². The van der Waals surface area contributed by atoms with Crippen LogP contribution in [-0.4, -0.2) is 50.2 Å². The Kier molecular flexibility index (Phi) is 20.8. The monoisotopic (exact) mass is 1010 g/mol. The van der Waals surface area contributed by atoms with Gasteiger partial charge in [-0.05, 0) is 115 Å². The highest BCUT2D eigenvalue weighted by molar-refractivity contribution is 5.77. The van der Waals surface area contributed by atoms with Gasteiger partial charge in [0.2, 0.25) is 11.8 Å². The van der Waals surface area contributed by atoms with Crippen LogP contribution in [0.2, 0.25) is 0 Å². The smallest absolute Gasteiger partial charge is 0.369 e. The molecule has 1 unspecified atom stereocenters. The number of aryl methyl sites for hydroxylation is 4. The zero-order valence-corrected chi connectivity index (χ0v) is 40.0. The normalized spacial score (nSPS) is 15.3. The molecule has 4 aromatic carbocycles. The van der Waals surface area contributed by atoms with Crippen molar-refractivity contribution in [2.75, 3.05) is 13.6 Å². The van der Waals surface area contributed by atoms with Gasteiger partial charge < -0.3 is 11.5 Å². The van der Waals surface area contributed by atoms with Crippen molar-refractivity contribution in [1.29, 1.82) is 0 Å². The lowest BCUT2D eigenvalue weighted by Crippen LogP contribution is -2.29. The Morgan fingerprint density at radius 3 is 1.37 bits per heavy atom. The number of amides is 2. The van der Waals surface area contributed by atoms with Crippen LogP contribution in [0.1, 0.15) is 157 Å². The van der Waals surface area contributed by atoms with E-state index in [1.54, 1.807) is 42.5 Å². The Labute approximate surface area is 426 Å². The molecule has 2 fully saturated rings. The van der Waals surface area contributed by atoms with E-state index >= 15 is 0 Å². The van der Waals surface area contributed by atoms with E-state index in [2.05, 4.69) is 56.1 Å². The second-order valence-corrected chi connectivity index (χ2v) is 18.8. The van der Waals surface area contributed by atoms with Gasteiger partial charge in [-0.15, -0.1) is 0 Å². The Morgan fingerprint density at radius 1 is 0.548 bits per heavy atom. The summed E-state index contributed by atoms with van der Waals surface area (Å²) in [6, 6.07) is 31.3. The first-order valence-electron chi connectivity index (χ1n) is 24.4. The fraction of sp³-hybridized carbons (Fsp3) is 0.414. The van der Waals surface area contributed by atoms with Crippen LogP contribution in [0.3, 0.4) is 0 Å². The minimum Gasteiger partial charge on any atom is -0.369 e. The molecule has 1 saturated heterocycles. The number of aromatic nitrogens is 4. The molecule has 4 N–H and O–H groups in total. The Morgan fingerprint density at radius 2 is 0.959 bits per heavy atom.